The lowest BCUT2D eigenvalue weighted by atomic mass is 10.1. The van der Waals surface area contributed by atoms with Crippen molar-refractivity contribution in [1.82, 2.24) is 20.0 Å². The molecule has 1 saturated heterocycles. The molecule has 1 N–H and O–H groups in total. The molecule has 0 bridgehead atoms. The van der Waals surface area contributed by atoms with Gasteiger partial charge >= 0.3 is 0 Å². The Hall–Kier alpha value is -2.07. The monoisotopic (exact) mass is 508 g/mol. The third kappa shape index (κ3) is 5.30. The molecule has 4 rings (SSSR count). The van der Waals surface area contributed by atoms with Gasteiger partial charge in [-0.1, -0.05) is 24.3 Å². The van der Waals surface area contributed by atoms with Gasteiger partial charge in [0.05, 0.1) is 19.3 Å². The fraction of sp³-hybridized carbons (Fsp3) is 0.429. The van der Waals surface area contributed by atoms with Crippen molar-refractivity contribution < 1.29 is 4.74 Å². The van der Waals surface area contributed by atoms with Gasteiger partial charge in [0.1, 0.15) is 6.10 Å². The van der Waals surface area contributed by atoms with Crippen LogP contribution in [0.2, 0.25) is 0 Å². The second-order valence-electron chi connectivity index (χ2n) is 7.20. The highest BCUT2D eigenvalue weighted by Crippen LogP contribution is 2.22. The lowest BCUT2D eigenvalue weighted by Crippen LogP contribution is -2.47. The summed E-state index contributed by atoms with van der Waals surface area (Å²) >= 11 is 0. The number of anilines is 1. The predicted molar refractivity (Wildman–Crippen MR) is 127 cm³/mol. The smallest absolute Gasteiger partial charge is 0.194 e. The van der Waals surface area contributed by atoms with Crippen LogP contribution in [0.4, 0.5) is 5.69 Å². The molecule has 2 aromatic rings. The maximum atomic E-state index is 5.95. The fourth-order valence-corrected chi connectivity index (χ4v) is 3.72. The first-order chi connectivity index (χ1) is 13.7. The van der Waals surface area contributed by atoms with Gasteiger partial charge in [-0.05, 0) is 17.7 Å². The maximum Gasteiger partial charge on any atom is 0.194 e. The van der Waals surface area contributed by atoms with E-state index in [4.69, 9.17) is 4.74 Å². The van der Waals surface area contributed by atoms with E-state index in [0.29, 0.717) is 6.61 Å². The van der Waals surface area contributed by atoms with Crippen molar-refractivity contribution in [3.05, 3.63) is 59.9 Å². The molecule has 0 saturated carbocycles. The number of rotatable bonds is 4. The third-order valence-corrected chi connectivity index (χ3v) is 5.22. The van der Waals surface area contributed by atoms with E-state index in [2.05, 4.69) is 61.6 Å². The van der Waals surface area contributed by atoms with Gasteiger partial charge in [-0.3, -0.25) is 9.67 Å². The van der Waals surface area contributed by atoms with E-state index in [0.717, 1.165) is 44.2 Å². The lowest BCUT2D eigenvalue weighted by molar-refractivity contribution is -0.00805. The van der Waals surface area contributed by atoms with Gasteiger partial charge in [0, 0.05) is 57.7 Å². The zero-order valence-corrected chi connectivity index (χ0v) is 19.3. The number of nitrogens with zero attached hydrogens (tertiary/aromatic N) is 5. The van der Waals surface area contributed by atoms with Gasteiger partial charge in [-0.2, -0.15) is 5.10 Å². The molecule has 2 aliphatic heterocycles. The quantitative estimate of drug-likeness (QED) is 0.298. The van der Waals surface area contributed by atoms with Crippen molar-refractivity contribution in [3.63, 3.8) is 0 Å². The molecule has 156 valence electrons. The summed E-state index contributed by atoms with van der Waals surface area (Å²) in [6.45, 7) is 5.00. The molecule has 1 atom stereocenters. The van der Waals surface area contributed by atoms with Crippen LogP contribution in [-0.2, 0) is 18.3 Å². The molecule has 0 aliphatic carbocycles. The van der Waals surface area contributed by atoms with Crippen LogP contribution in [0.15, 0.2) is 53.8 Å². The highest BCUT2D eigenvalue weighted by molar-refractivity contribution is 14.0. The summed E-state index contributed by atoms with van der Waals surface area (Å²) in [5, 5.41) is 7.78. The third-order valence-electron chi connectivity index (χ3n) is 5.22. The van der Waals surface area contributed by atoms with Gasteiger partial charge in [-0.25, -0.2) is 0 Å². The second kappa shape index (κ2) is 10.1. The maximum absolute atomic E-state index is 5.95. The van der Waals surface area contributed by atoms with Crippen LogP contribution < -0.4 is 10.2 Å². The zero-order chi connectivity index (χ0) is 19.3. The Bertz CT molecular complexity index is 856. The molecule has 1 aromatic heterocycles. The first-order valence-corrected chi connectivity index (χ1v) is 9.77. The van der Waals surface area contributed by atoms with E-state index >= 15 is 0 Å². The number of hydrogen-bond acceptors (Lipinski definition) is 4. The lowest BCUT2D eigenvalue weighted by Gasteiger charge is -2.34. The number of morpholine rings is 1. The molecule has 0 radical (unpaired) electrons. The number of hydrogen-bond donors (Lipinski definition) is 1. The molecule has 29 heavy (non-hydrogen) atoms. The second-order valence-corrected chi connectivity index (χ2v) is 7.20. The topological polar surface area (TPSA) is 57.9 Å². The van der Waals surface area contributed by atoms with Crippen LogP contribution in [0.25, 0.3) is 0 Å². The summed E-state index contributed by atoms with van der Waals surface area (Å²) in [6, 6.07) is 8.71. The first kappa shape index (κ1) is 21.6. The number of benzene rings is 1. The van der Waals surface area contributed by atoms with Gasteiger partial charge in [-0.15, -0.1) is 24.0 Å². The molecule has 3 heterocycles. The Morgan fingerprint density at radius 1 is 1.31 bits per heavy atom. The highest BCUT2D eigenvalue weighted by Gasteiger charge is 2.25. The zero-order valence-electron chi connectivity index (χ0n) is 17.0. The van der Waals surface area contributed by atoms with Crippen LogP contribution in [0.1, 0.15) is 17.2 Å². The van der Waals surface area contributed by atoms with Crippen molar-refractivity contribution in [3.8, 4) is 0 Å². The normalized spacial score (nSPS) is 19.4. The summed E-state index contributed by atoms with van der Waals surface area (Å²) in [4.78, 5) is 9.11. The van der Waals surface area contributed by atoms with Crippen molar-refractivity contribution in [1.29, 1.82) is 0 Å². The average Bonchev–Trinajstić information content (AvgIpc) is 3.41. The van der Waals surface area contributed by atoms with Crippen molar-refractivity contribution in [2.75, 3.05) is 44.7 Å². The molecule has 2 aliphatic rings. The van der Waals surface area contributed by atoms with Crippen LogP contribution in [-0.4, -0.2) is 60.5 Å². The predicted octanol–water partition coefficient (Wildman–Crippen LogP) is 2.56. The van der Waals surface area contributed by atoms with Crippen LogP contribution in [0.5, 0.6) is 0 Å². The van der Waals surface area contributed by atoms with Gasteiger partial charge in [0.2, 0.25) is 0 Å². The highest BCUT2D eigenvalue weighted by atomic mass is 127. The number of ether oxygens (including phenoxy) is 1. The molecule has 0 spiro atoms. The Morgan fingerprint density at radius 2 is 2.14 bits per heavy atom. The summed E-state index contributed by atoms with van der Waals surface area (Å²) in [5.41, 5.74) is 3.62. The number of aromatic nitrogens is 2. The molecule has 0 amide bonds. The largest absolute Gasteiger partial charge is 0.370 e. The minimum atomic E-state index is 0. The summed E-state index contributed by atoms with van der Waals surface area (Å²) in [6.07, 6.45) is 8.34. The summed E-state index contributed by atoms with van der Waals surface area (Å²) in [5.74, 6) is 0.908. The number of nitrogens with one attached hydrogen (secondary N) is 1. The Balaban J connectivity index is 0.00000240. The van der Waals surface area contributed by atoms with Gasteiger partial charge in [0.15, 0.2) is 5.96 Å². The van der Waals surface area contributed by atoms with Crippen molar-refractivity contribution >= 4 is 35.6 Å². The summed E-state index contributed by atoms with van der Waals surface area (Å²) < 4.78 is 7.76. The standard InChI is InChI=1S/C21H28N6O.HI/c1-22-21(27-10-11-28-20(16-27)18-14-24-25(2)15-18)23-13-17-6-5-7-19(12-17)26-8-3-4-9-26;/h3-7,12,14-15,20H,8-11,13,16H2,1-2H3,(H,22,23);1H. The Kier molecular flexibility index (Phi) is 7.54. The molecule has 1 aromatic carbocycles. The van der Waals surface area contributed by atoms with E-state index in [1.807, 2.05) is 31.2 Å². The Labute approximate surface area is 189 Å². The number of guanidine groups is 1. The van der Waals surface area contributed by atoms with Gasteiger partial charge in [0.25, 0.3) is 0 Å². The van der Waals surface area contributed by atoms with Crippen LogP contribution in [0.3, 0.4) is 0 Å². The minimum Gasteiger partial charge on any atom is -0.370 e. The van der Waals surface area contributed by atoms with E-state index in [1.54, 1.807) is 0 Å². The van der Waals surface area contributed by atoms with E-state index in [-0.39, 0.29) is 30.1 Å². The van der Waals surface area contributed by atoms with E-state index in [9.17, 15) is 0 Å². The average molecular weight is 508 g/mol. The first-order valence-electron chi connectivity index (χ1n) is 9.77. The van der Waals surface area contributed by atoms with E-state index < -0.39 is 0 Å². The molecular weight excluding hydrogens is 479 g/mol. The number of halogens is 1. The van der Waals surface area contributed by atoms with E-state index in [1.165, 1.54) is 11.3 Å². The Morgan fingerprint density at radius 3 is 2.86 bits per heavy atom. The molecular formula is C21H29IN6O. The summed E-state index contributed by atoms with van der Waals surface area (Å²) in [7, 11) is 3.76. The minimum absolute atomic E-state index is 0. The molecule has 7 nitrogen and oxygen atoms in total. The van der Waals surface area contributed by atoms with Crippen LogP contribution >= 0.6 is 24.0 Å². The SMILES string of the molecule is CN=C(NCc1cccc(N2CC=CC2)c1)N1CCOC(c2cnn(C)c2)C1.I. The molecule has 1 unspecified atom stereocenters. The van der Waals surface area contributed by atoms with Crippen molar-refractivity contribution in [2.45, 2.75) is 12.6 Å². The number of aryl methyl sites for hydroxylation is 1. The van der Waals surface area contributed by atoms with Crippen LogP contribution in [0, 0.1) is 0 Å². The van der Waals surface area contributed by atoms with Crippen molar-refractivity contribution in [2.24, 2.45) is 12.0 Å². The van der Waals surface area contributed by atoms with Gasteiger partial charge < -0.3 is 19.9 Å². The molecule has 8 heteroatoms. The fourth-order valence-electron chi connectivity index (χ4n) is 3.72. The number of aliphatic imine (C=N–C) groups is 1. The molecule has 1 fully saturated rings.